The van der Waals surface area contributed by atoms with Crippen molar-refractivity contribution in [2.45, 2.75) is 26.3 Å². The van der Waals surface area contributed by atoms with E-state index in [0.29, 0.717) is 16.6 Å². The van der Waals surface area contributed by atoms with Crippen molar-refractivity contribution in [1.29, 1.82) is 0 Å². The first-order valence-electron chi connectivity index (χ1n) is 7.20. The van der Waals surface area contributed by atoms with Gasteiger partial charge in [0.15, 0.2) is 0 Å². The SMILES string of the molecule is CCNCC1CCN(Cc2cc(Cl)cc(Cl)c2O)CC1. The zero-order valence-electron chi connectivity index (χ0n) is 11.8. The summed E-state index contributed by atoms with van der Waals surface area (Å²) in [6.07, 6.45) is 2.39. The summed E-state index contributed by atoms with van der Waals surface area (Å²) < 4.78 is 0. The fourth-order valence-corrected chi connectivity index (χ4v) is 3.21. The van der Waals surface area contributed by atoms with E-state index in [1.807, 2.05) is 0 Å². The van der Waals surface area contributed by atoms with Crippen molar-refractivity contribution < 1.29 is 5.11 Å². The molecule has 2 N–H and O–H groups in total. The van der Waals surface area contributed by atoms with Crippen LogP contribution in [0.4, 0.5) is 0 Å². The number of benzene rings is 1. The molecule has 1 aromatic rings. The highest BCUT2D eigenvalue weighted by Crippen LogP contribution is 2.32. The third-order valence-electron chi connectivity index (χ3n) is 3.89. The molecule has 1 aromatic carbocycles. The highest BCUT2D eigenvalue weighted by atomic mass is 35.5. The van der Waals surface area contributed by atoms with E-state index >= 15 is 0 Å². The van der Waals surface area contributed by atoms with Crippen LogP contribution in [0.2, 0.25) is 10.0 Å². The van der Waals surface area contributed by atoms with Gasteiger partial charge >= 0.3 is 0 Å². The third-order valence-corrected chi connectivity index (χ3v) is 4.40. The van der Waals surface area contributed by atoms with Gasteiger partial charge in [0, 0.05) is 17.1 Å². The normalized spacial score (nSPS) is 17.6. The van der Waals surface area contributed by atoms with Crippen molar-refractivity contribution in [1.82, 2.24) is 10.2 Å². The Morgan fingerprint density at radius 3 is 2.65 bits per heavy atom. The summed E-state index contributed by atoms with van der Waals surface area (Å²) in [6.45, 7) is 7.10. The molecule has 0 unspecified atom stereocenters. The Bertz CT molecular complexity index is 446. The molecule has 112 valence electrons. The van der Waals surface area contributed by atoms with Crippen LogP contribution >= 0.6 is 23.2 Å². The van der Waals surface area contributed by atoms with Crippen LogP contribution in [0.1, 0.15) is 25.3 Å². The predicted molar refractivity (Wildman–Crippen MR) is 84.7 cm³/mol. The molecular weight excluding hydrogens is 295 g/mol. The molecule has 0 spiro atoms. The number of rotatable bonds is 5. The molecule has 1 aliphatic rings. The molecule has 0 saturated carbocycles. The Kier molecular flexibility index (Phi) is 5.97. The molecule has 5 heteroatoms. The van der Waals surface area contributed by atoms with E-state index in [9.17, 15) is 5.11 Å². The van der Waals surface area contributed by atoms with Crippen molar-refractivity contribution in [3.8, 4) is 5.75 Å². The number of halogens is 2. The maximum absolute atomic E-state index is 9.99. The zero-order chi connectivity index (χ0) is 14.5. The molecule has 0 bridgehead atoms. The Morgan fingerprint density at radius 2 is 2.00 bits per heavy atom. The van der Waals surface area contributed by atoms with Gasteiger partial charge < -0.3 is 10.4 Å². The molecule has 0 radical (unpaired) electrons. The molecule has 1 heterocycles. The van der Waals surface area contributed by atoms with E-state index in [4.69, 9.17) is 23.2 Å². The molecule has 1 aliphatic heterocycles. The summed E-state index contributed by atoms with van der Waals surface area (Å²) in [7, 11) is 0. The molecule has 1 saturated heterocycles. The van der Waals surface area contributed by atoms with Gasteiger partial charge in [-0.1, -0.05) is 30.1 Å². The monoisotopic (exact) mass is 316 g/mol. The van der Waals surface area contributed by atoms with Gasteiger partial charge in [-0.2, -0.15) is 0 Å². The summed E-state index contributed by atoms with van der Waals surface area (Å²) in [6, 6.07) is 3.37. The number of hydrogen-bond donors (Lipinski definition) is 2. The van der Waals surface area contributed by atoms with Crippen molar-refractivity contribution >= 4 is 23.2 Å². The molecule has 0 amide bonds. The standard InChI is InChI=1S/C15H22Cl2N2O/c1-2-18-9-11-3-5-19(6-4-11)10-12-7-13(16)8-14(17)15(12)20/h7-8,11,18,20H,2-6,9-10H2,1H3. The second kappa shape index (κ2) is 7.51. The van der Waals surface area contributed by atoms with E-state index in [0.717, 1.165) is 37.7 Å². The number of hydrogen-bond acceptors (Lipinski definition) is 3. The topological polar surface area (TPSA) is 35.5 Å². The van der Waals surface area contributed by atoms with Gasteiger partial charge in [0.25, 0.3) is 0 Å². The summed E-state index contributed by atoms with van der Waals surface area (Å²) >= 11 is 12.0. The molecule has 0 aliphatic carbocycles. The van der Waals surface area contributed by atoms with E-state index < -0.39 is 0 Å². The highest BCUT2D eigenvalue weighted by molar-refractivity contribution is 6.35. The molecule has 3 nitrogen and oxygen atoms in total. The van der Waals surface area contributed by atoms with Crippen molar-refractivity contribution in [3.63, 3.8) is 0 Å². The first-order chi connectivity index (χ1) is 9.60. The predicted octanol–water partition coefficient (Wildman–Crippen LogP) is 3.52. The Labute approximate surface area is 130 Å². The van der Waals surface area contributed by atoms with Crippen LogP contribution in [0, 0.1) is 5.92 Å². The van der Waals surface area contributed by atoms with Gasteiger partial charge in [0.05, 0.1) is 5.02 Å². The van der Waals surface area contributed by atoms with Gasteiger partial charge in [0.1, 0.15) is 5.75 Å². The lowest BCUT2D eigenvalue weighted by Gasteiger charge is -2.32. The van der Waals surface area contributed by atoms with E-state index in [2.05, 4.69) is 17.1 Å². The first kappa shape index (κ1) is 15.9. The highest BCUT2D eigenvalue weighted by Gasteiger charge is 2.20. The molecular formula is C15H22Cl2N2O. The molecule has 0 atom stereocenters. The van der Waals surface area contributed by atoms with Crippen molar-refractivity contribution in [2.75, 3.05) is 26.2 Å². The Balaban J connectivity index is 1.89. The van der Waals surface area contributed by atoms with Gasteiger partial charge in [-0.15, -0.1) is 0 Å². The minimum absolute atomic E-state index is 0.158. The largest absolute Gasteiger partial charge is 0.506 e. The molecule has 1 fully saturated rings. The van der Waals surface area contributed by atoms with Gasteiger partial charge in [-0.25, -0.2) is 0 Å². The van der Waals surface area contributed by atoms with Crippen LogP contribution < -0.4 is 5.32 Å². The summed E-state index contributed by atoms with van der Waals surface area (Å²) in [5.74, 6) is 0.925. The first-order valence-corrected chi connectivity index (χ1v) is 7.95. The molecule has 0 aromatic heterocycles. The average molecular weight is 317 g/mol. The lowest BCUT2D eigenvalue weighted by molar-refractivity contribution is 0.174. The molecule has 20 heavy (non-hydrogen) atoms. The number of phenolic OH excluding ortho intramolecular Hbond substituents is 1. The lowest BCUT2D eigenvalue weighted by atomic mass is 9.96. The minimum atomic E-state index is 0.158. The second-order valence-corrected chi connectivity index (χ2v) is 6.27. The fourth-order valence-electron chi connectivity index (χ4n) is 2.68. The van der Waals surface area contributed by atoms with Gasteiger partial charge in [0.2, 0.25) is 0 Å². The summed E-state index contributed by atoms with van der Waals surface area (Å²) in [5.41, 5.74) is 0.813. The van der Waals surface area contributed by atoms with Crippen LogP contribution in [0.5, 0.6) is 5.75 Å². The van der Waals surface area contributed by atoms with Crippen molar-refractivity contribution in [2.24, 2.45) is 5.92 Å². The molecule has 2 rings (SSSR count). The zero-order valence-corrected chi connectivity index (χ0v) is 13.3. The summed E-state index contributed by atoms with van der Waals surface area (Å²) in [5, 5.41) is 14.3. The quantitative estimate of drug-likeness (QED) is 0.872. The second-order valence-electron chi connectivity index (χ2n) is 5.42. The number of nitrogens with one attached hydrogen (secondary N) is 1. The van der Waals surface area contributed by atoms with Crippen LogP contribution in [0.25, 0.3) is 0 Å². The minimum Gasteiger partial charge on any atom is -0.506 e. The number of piperidine rings is 1. The van der Waals surface area contributed by atoms with Crippen LogP contribution in [-0.2, 0) is 6.54 Å². The van der Waals surface area contributed by atoms with Crippen LogP contribution in [0.15, 0.2) is 12.1 Å². The van der Waals surface area contributed by atoms with E-state index in [1.165, 1.54) is 12.8 Å². The number of nitrogens with zero attached hydrogens (tertiary/aromatic N) is 1. The lowest BCUT2D eigenvalue weighted by Crippen LogP contribution is -2.36. The van der Waals surface area contributed by atoms with Gasteiger partial charge in [-0.05, 0) is 57.1 Å². The van der Waals surface area contributed by atoms with Crippen LogP contribution in [-0.4, -0.2) is 36.2 Å². The van der Waals surface area contributed by atoms with Crippen LogP contribution in [0.3, 0.4) is 0 Å². The van der Waals surface area contributed by atoms with Gasteiger partial charge in [-0.3, -0.25) is 4.90 Å². The third kappa shape index (κ3) is 4.26. The number of aromatic hydroxyl groups is 1. The maximum atomic E-state index is 9.99. The number of phenols is 1. The Morgan fingerprint density at radius 1 is 1.30 bits per heavy atom. The fraction of sp³-hybridized carbons (Fsp3) is 0.600. The van der Waals surface area contributed by atoms with E-state index in [1.54, 1.807) is 12.1 Å². The average Bonchev–Trinajstić information content (AvgIpc) is 2.43. The number of likely N-dealkylation sites (tertiary alicyclic amines) is 1. The summed E-state index contributed by atoms with van der Waals surface area (Å²) in [4.78, 5) is 2.35. The Hall–Kier alpha value is -0.480. The smallest absolute Gasteiger partial charge is 0.138 e. The maximum Gasteiger partial charge on any atom is 0.138 e. The van der Waals surface area contributed by atoms with E-state index in [-0.39, 0.29) is 5.75 Å². The van der Waals surface area contributed by atoms with Crippen molar-refractivity contribution in [3.05, 3.63) is 27.7 Å².